The summed E-state index contributed by atoms with van der Waals surface area (Å²) in [5.74, 6) is -1.84. The Labute approximate surface area is 106 Å². The number of non-ortho nitro benzene ring substituents is 1. The van der Waals surface area contributed by atoms with Crippen LogP contribution in [0.25, 0.3) is 0 Å². The summed E-state index contributed by atoms with van der Waals surface area (Å²) in [6.45, 7) is 0. The third kappa shape index (κ3) is 2.68. The van der Waals surface area contributed by atoms with Gasteiger partial charge in [0, 0.05) is 6.07 Å². The number of nitrogens with one attached hydrogen (secondary N) is 1. The van der Waals surface area contributed by atoms with Crippen LogP contribution in [0.15, 0.2) is 30.0 Å². The molecular weight excluding hydrogens is 256 g/mol. The summed E-state index contributed by atoms with van der Waals surface area (Å²) in [4.78, 5) is 31.9. The maximum atomic E-state index is 11.5. The van der Waals surface area contributed by atoms with E-state index in [-0.39, 0.29) is 23.6 Å². The van der Waals surface area contributed by atoms with Crippen LogP contribution in [0.2, 0.25) is 0 Å². The van der Waals surface area contributed by atoms with E-state index in [1.807, 2.05) is 0 Å². The first-order valence-electron chi connectivity index (χ1n) is 5.17. The molecule has 1 heterocycles. The molecule has 1 aliphatic rings. The third-order valence-corrected chi connectivity index (χ3v) is 2.35. The minimum Gasteiger partial charge on any atom is -0.481 e. The highest BCUT2D eigenvalue weighted by molar-refractivity contribution is 5.98. The van der Waals surface area contributed by atoms with E-state index in [9.17, 15) is 19.7 Å². The number of rotatable bonds is 3. The Balaban J connectivity index is 2.29. The van der Waals surface area contributed by atoms with Crippen molar-refractivity contribution in [3.8, 4) is 5.75 Å². The highest BCUT2D eigenvalue weighted by atomic mass is 16.6. The number of carboxylic acid groups (broad SMARTS) is 1. The second-order valence-electron chi connectivity index (χ2n) is 3.67. The quantitative estimate of drug-likeness (QED) is 0.277. The zero-order valence-electron chi connectivity index (χ0n) is 9.45. The van der Waals surface area contributed by atoms with Crippen LogP contribution in [-0.4, -0.2) is 22.0 Å². The summed E-state index contributed by atoms with van der Waals surface area (Å²) in [6.07, 6.45) is 0.842. The molecule has 1 aromatic rings. The number of aliphatic carboxylic acids is 1. The third-order valence-electron chi connectivity index (χ3n) is 2.35. The number of benzene rings is 1. The van der Waals surface area contributed by atoms with Crippen LogP contribution >= 0.6 is 0 Å². The number of fused-ring (bicyclic) bond motifs is 1. The zero-order chi connectivity index (χ0) is 14.0. The number of nitro groups is 1. The van der Waals surface area contributed by atoms with Gasteiger partial charge in [-0.2, -0.15) is 0 Å². The van der Waals surface area contributed by atoms with Crippen molar-refractivity contribution in [2.75, 3.05) is 5.32 Å². The lowest BCUT2D eigenvalue weighted by Crippen LogP contribution is -2.23. The molecule has 2 N–H and O–H groups in total. The van der Waals surface area contributed by atoms with E-state index in [4.69, 9.17) is 9.84 Å². The van der Waals surface area contributed by atoms with Crippen molar-refractivity contribution in [2.45, 2.75) is 6.42 Å². The average Bonchev–Trinajstić information content (AvgIpc) is 2.35. The normalized spacial score (nSPS) is 15.4. The van der Waals surface area contributed by atoms with Gasteiger partial charge in [0.1, 0.15) is 5.70 Å². The lowest BCUT2D eigenvalue weighted by molar-refractivity contribution is -0.384. The van der Waals surface area contributed by atoms with Crippen LogP contribution in [0.4, 0.5) is 11.4 Å². The molecule has 2 rings (SSSR count). The fraction of sp³-hybridized carbons (Fsp3) is 0.0909. The molecule has 0 aliphatic carbocycles. The molecule has 0 aromatic heterocycles. The first kappa shape index (κ1) is 12.6. The molecule has 0 atom stereocenters. The van der Waals surface area contributed by atoms with Crippen molar-refractivity contribution >= 4 is 23.3 Å². The second-order valence-corrected chi connectivity index (χ2v) is 3.67. The molecule has 0 fully saturated rings. The summed E-state index contributed by atoms with van der Waals surface area (Å²) in [5.41, 5.74) is 0.150. The Morgan fingerprint density at radius 1 is 1.53 bits per heavy atom. The number of esters is 1. The van der Waals surface area contributed by atoms with Gasteiger partial charge < -0.3 is 15.2 Å². The van der Waals surface area contributed by atoms with Gasteiger partial charge in [-0.25, -0.2) is 4.79 Å². The first-order valence-corrected chi connectivity index (χ1v) is 5.17. The maximum absolute atomic E-state index is 11.5. The molecular formula is C11H8N2O6. The lowest BCUT2D eigenvalue weighted by atomic mass is 10.2. The summed E-state index contributed by atoms with van der Waals surface area (Å²) in [5, 5.41) is 21.8. The Morgan fingerprint density at radius 2 is 2.26 bits per heavy atom. The molecule has 0 amide bonds. The van der Waals surface area contributed by atoms with Crippen molar-refractivity contribution < 1.29 is 24.4 Å². The number of carbonyl (C=O) groups is 2. The Morgan fingerprint density at radius 3 is 2.89 bits per heavy atom. The summed E-state index contributed by atoms with van der Waals surface area (Å²) < 4.78 is 4.90. The molecule has 1 aliphatic heterocycles. The smallest absolute Gasteiger partial charge is 0.359 e. The Bertz CT molecular complexity index is 607. The second kappa shape index (κ2) is 4.77. The Hall–Kier alpha value is -2.90. The average molecular weight is 264 g/mol. The van der Waals surface area contributed by atoms with E-state index < -0.39 is 16.9 Å². The van der Waals surface area contributed by atoms with Gasteiger partial charge in [0.15, 0.2) is 5.75 Å². The number of anilines is 1. The van der Waals surface area contributed by atoms with Gasteiger partial charge in [0.2, 0.25) is 0 Å². The highest BCUT2D eigenvalue weighted by Gasteiger charge is 2.24. The minimum atomic E-state index is -1.09. The van der Waals surface area contributed by atoms with E-state index in [1.54, 1.807) is 0 Å². The summed E-state index contributed by atoms with van der Waals surface area (Å²) in [7, 11) is 0. The predicted octanol–water partition coefficient (Wildman–Crippen LogP) is 1.28. The summed E-state index contributed by atoms with van der Waals surface area (Å²) >= 11 is 0. The molecule has 0 spiro atoms. The number of hydrogen-bond acceptors (Lipinski definition) is 6. The van der Waals surface area contributed by atoms with Gasteiger partial charge in [-0.3, -0.25) is 14.9 Å². The zero-order valence-corrected chi connectivity index (χ0v) is 9.45. The van der Waals surface area contributed by atoms with Crippen LogP contribution in [0, 0.1) is 10.1 Å². The van der Waals surface area contributed by atoms with Crippen LogP contribution in [0.5, 0.6) is 5.75 Å². The summed E-state index contributed by atoms with van der Waals surface area (Å²) in [6, 6.07) is 3.75. The van der Waals surface area contributed by atoms with Gasteiger partial charge in [0.25, 0.3) is 5.69 Å². The SMILES string of the molecule is O=C(O)CC=C1Nc2ccc([N+](=O)[O-])cc2OC1=O. The molecule has 8 nitrogen and oxygen atoms in total. The largest absolute Gasteiger partial charge is 0.481 e. The molecule has 8 heteroatoms. The van der Waals surface area contributed by atoms with Gasteiger partial charge in [0.05, 0.1) is 23.1 Å². The molecule has 0 unspecified atom stereocenters. The number of nitrogens with zero attached hydrogens (tertiary/aromatic N) is 1. The van der Waals surface area contributed by atoms with Gasteiger partial charge in [-0.1, -0.05) is 0 Å². The number of nitro benzene ring substituents is 1. The van der Waals surface area contributed by atoms with Crippen molar-refractivity contribution in [3.05, 3.63) is 40.1 Å². The van der Waals surface area contributed by atoms with Crippen LogP contribution in [-0.2, 0) is 9.59 Å². The van der Waals surface area contributed by atoms with E-state index in [1.165, 1.54) is 18.2 Å². The Kier molecular flexibility index (Phi) is 3.15. The molecule has 0 bridgehead atoms. The lowest BCUT2D eigenvalue weighted by Gasteiger charge is -2.19. The maximum Gasteiger partial charge on any atom is 0.359 e. The fourth-order valence-corrected chi connectivity index (χ4v) is 1.49. The van der Waals surface area contributed by atoms with Crippen LogP contribution < -0.4 is 10.1 Å². The van der Waals surface area contributed by atoms with Gasteiger partial charge in [-0.15, -0.1) is 0 Å². The minimum absolute atomic E-state index is 0.0104. The van der Waals surface area contributed by atoms with Crippen molar-refractivity contribution in [1.29, 1.82) is 0 Å². The molecule has 1 aromatic carbocycles. The number of carbonyl (C=O) groups excluding carboxylic acids is 1. The van der Waals surface area contributed by atoms with Crippen molar-refractivity contribution in [3.63, 3.8) is 0 Å². The first-order chi connectivity index (χ1) is 8.97. The van der Waals surface area contributed by atoms with E-state index in [0.717, 1.165) is 6.07 Å². The standard InChI is InChI=1S/C11H8N2O6/c14-10(15)4-3-8-11(16)19-9-5-6(13(17)18)1-2-7(9)12-8/h1-3,5,12H,4H2,(H,14,15). The topological polar surface area (TPSA) is 119 Å². The van der Waals surface area contributed by atoms with Crippen LogP contribution in [0.1, 0.15) is 6.42 Å². The van der Waals surface area contributed by atoms with Crippen molar-refractivity contribution in [2.24, 2.45) is 0 Å². The molecule has 0 saturated carbocycles. The highest BCUT2D eigenvalue weighted by Crippen LogP contribution is 2.33. The van der Waals surface area contributed by atoms with Crippen molar-refractivity contribution in [1.82, 2.24) is 0 Å². The number of hydrogen-bond donors (Lipinski definition) is 2. The van der Waals surface area contributed by atoms with E-state index in [2.05, 4.69) is 5.32 Å². The van der Waals surface area contributed by atoms with E-state index in [0.29, 0.717) is 5.69 Å². The van der Waals surface area contributed by atoms with Gasteiger partial charge >= 0.3 is 11.9 Å². The molecule has 19 heavy (non-hydrogen) atoms. The monoisotopic (exact) mass is 264 g/mol. The van der Waals surface area contributed by atoms with E-state index >= 15 is 0 Å². The van der Waals surface area contributed by atoms with Gasteiger partial charge in [-0.05, 0) is 12.1 Å². The predicted molar refractivity (Wildman–Crippen MR) is 62.7 cm³/mol. The number of ether oxygens (including phenoxy) is 1. The fourth-order valence-electron chi connectivity index (χ4n) is 1.49. The number of carboxylic acids is 1. The molecule has 98 valence electrons. The molecule has 0 radical (unpaired) electrons. The van der Waals surface area contributed by atoms with Crippen LogP contribution in [0.3, 0.4) is 0 Å². The molecule has 0 saturated heterocycles.